The Kier molecular flexibility index (Phi) is 12.4. The van der Waals surface area contributed by atoms with Crippen molar-refractivity contribution in [1.29, 1.82) is 0 Å². The van der Waals surface area contributed by atoms with Gasteiger partial charge in [-0.2, -0.15) is 0 Å². The van der Waals surface area contributed by atoms with Crippen LogP contribution in [0, 0.1) is 0 Å². The van der Waals surface area contributed by atoms with Crippen LogP contribution < -0.4 is 10.6 Å². The molecule has 0 fully saturated rings. The molecule has 1 atom stereocenters. The number of aliphatic imine (C=N–C) groups is 1. The van der Waals surface area contributed by atoms with Gasteiger partial charge in [0.05, 0.1) is 18.4 Å². The van der Waals surface area contributed by atoms with Gasteiger partial charge in [0.2, 0.25) is 0 Å². The Hall–Kier alpha value is -1.23. The summed E-state index contributed by atoms with van der Waals surface area (Å²) in [4.78, 5) is 7.80. The molecule has 0 aliphatic rings. The van der Waals surface area contributed by atoms with Gasteiger partial charge in [0.25, 0.3) is 0 Å². The van der Waals surface area contributed by atoms with E-state index in [9.17, 15) is 5.11 Å². The number of halogens is 1. The van der Waals surface area contributed by atoms with Crippen LogP contribution in [0.5, 0.6) is 0 Å². The number of aliphatic hydroxyl groups is 1. The molecule has 1 unspecified atom stereocenters. The van der Waals surface area contributed by atoms with Crippen molar-refractivity contribution < 1.29 is 9.52 Å². The first-order valence-electron chi connectivity index (χ1n) is 9.54. The molecule has 3 N–H and O–H groups in total. The maximum atomic E-state index is 10.5. The minimum Gasteiger partial charge on any atom is -0.469 e. The van der Waals surface area contributed by atoms with Gasteiger partial charge in [0.15, 0.2) is 5.96 Å². The summed E-state index contributed by atoms with van der Waals surface area (Å²) in [5, 5.41) is 17.2. The minimum atomic E-state index is -0.877. The molecule has 1 aromatic heterocycles. The summed E-state index contributed by atoms with van der Waals surface area (Å²) >= 11 is 1.80. The largest absolute Gasteiger partial charge is 0.469 e. The van der Waals surface area contributed by atoms with E-state index < -0.39 is 5.60 Å². The van der Waals surface area contributed by atoms with Crippen molar-refractivity contribution in [1.82, 2.24) is 15.5 Å². The lowest BCUT2D eigenvalue weighted by atomic mass is 10.1. The van der Waals surface area contributed by atoms with Gasteiger partial charge in [-0.3, -0.25) is 4.99 Å². The number of furan rings is 1. The maximum absolute atomic E-state index is 10.5. The lowest BCUT2D eigenvalue weighted by Crippen LogP contribution is -2.43. The molecule has 0 spiro atoms. The fourth-order valence-electron chi connectivity index (χ4n) is 2.77. The number of hydrogen-bond acceptors (Lipinski definition) is 5. The van der Waals surface area contributed by atoms with Crippen LogP contribution in [0.25, 0.3) is 0 Å². The first kappa shape index (κ1) is 25.8. The van der Waals surface area contributed by atoms with E-state index in [0.29, 0.717) is 25.6 Å². The van der Waals surface area contributed by atoms with E-state index in [1.165, 1.54) is 4.90 Å². The SMILES string of the molecule is CN(C)CC(C)(O)CN=C(NCCSc1ccccc1)NCCc1ccco1.I. The van der Waals surface area contributed by atoms with Crippen LogP contribution in [-0.2, 0) is 6.42 Å². The Morgan fingerprint density at radius 1 is 1.14 bits per heavy atom. The second-order valence-electron chi connectivity index (χ2n) is 7.24. The zero-order valence-corrected chi connectivity index (χ0v) is 20.6. The van der Waals surface area contributed by atoms with Crippen LogP contribution in [0.1, 0.15) is 12.7 Å². The van der Waals surface area contributed by atoms with E-state index in [1.807, 2.05) is 56.3 Å². The minimum absolute atomic E-state index is 0. The summed E-state index contributed by atoms with van der Waals surface area (Å²) < 4.78 is 5.37. The molecule has 0 radical (unpaired) electrons. The normalized spacial score (nSPS) is 13.6. The van der Waals surface area contributed by atoms with Gasteiger partial charge < -0.3 is 25.1 Å². The molecule has 6 nitrogen and oxygen atoms in total. The number of guanidine groups is 1. The van der Waals surface area contributed by atoms with E-state index in [2.05, 4.69) is 27.8 Å². The molecule has 162 valence electrons. The number of likely N-dealkylation sites (N-methyl/N-ethyl adjacent to an activating group) is 1. The lowest BCUT2D eigenvalue weighted by Gasteiger charge is -2.25. The molecule has 2 aromatic rings. The molecule has 0 amide bonds. The topological polar surface area (TPSA) is 73.0 Å². The molecule has 1 heterocycles. The van der Waals surface area contributed by atoms with Gasteiger partial charge in [-0.15, -0.1) is 35.7 Å². The van der Waals surface area contributed by atoms with Crippen molar-refractivity contribution >= 4 is 41.7 Å². The van der Waals surface area contributed by atoms with Gasteiger partial charge in [-0.1, -0.05) is 18.2 Å². The highest BCUT2D eigenvalue weighted by molar-refractivity contribution is 14.0. The third kappa shape index (κ3) is 11.5. The summed E-state index contributed by atoms with van der Waals surface area (Å²) in [7, 11) is 3.89. The molecule has 0 aliphatic heterocycles. The molecule has 8 heteroatoms. The maximum Gasteiger partial charge on any atom is 0.191 e. The zero-order valence-electron chi connectivity index (χ0n) is 17.4. The molecule has 2 rings (SSSR count). The average Bonchev–Trinajstić information content (AvgIpc) is 3.16. The van der Waals surface area contributed by atoms with Crippen LogP contribution in [0.4, 0.5) is 0 Å². The smallest absolute Gasteiger partial charge is 0.191 e. The first-order chi connectivity index (χ1) is 13.4. The fraction of sp³-hybridized carbons (Fsp3) is 0.476. The van der Waals surface area contributed by atoms with Crippen molar-refractivity contribution in [3.05, 3.63) is 54.5 Å². The van der Waals surface area contributed by atoms with E-state index >= 15 is 0 Å². The second-order valence-corrected chi connectivity index (χ2v) is 8.41. The summed E-state index contributed by atoms with van der Waals surface area (Å²) in [5.74, 6) is 2.57. The van der Waals surface area contributed by atoms with Crippen molar-refractivity contribution in [2.75, 3.05) is 46.0 Å². The average molecular weight is 532 g/mol. The highest BCUT2D eigenvalue weighted by Crippen LogP contribution is 2.15. The first-order valence-corrected chi connectivity index (χ1v) is 10.5. The van der Waals surface area contributed by atoms with E-state index in [4.69, 9.17) is 4.42 Å². The zero-order chi connectivity index (χ0) is 20.2. The summed E-state index contributed by atoms with van der Waals surface area (Å²) in [5.41, 5.74) is -0.877. The van der Waals surface area contributed by atoms with Gasteiger partial charge in [0, 0.05) is 36.7 Å². The van der Waals surface area contributed by atoms with Gasteiger partial charge >= 0.3 is 0 Å². The monoisotopic (exact) mass is 532 g/mol. The molecule has 1 aromatic carbocycles. The van der Waals surface area contributed by atoms with E-state index in [0.717, 1.165) is 24.5 Å². The number of nitrogens with zero attached hydrogens (tertiary/aromatic N) is 2. The number of hydrogen-bond donors (Lipinski definition) is 3. The molecular weight excluding hydrogens is 499 g/mol. The highest BCUT2D eigenvalue weighted by Gasteiger charge is 2.21. The third-order valence-corrected chi connectivity index (χ3v) is 4.90. The number of thioether (sulfide) groups is 1. The lowest BCUT2D eigenvalue weighted by molar-refractivity contribution is 0.0423. The fourth-order valence-corrected chi connectivity index (χ4v) is 3.56. The summed E-state index contributed by atoms with van der Waals surface area (Å²) in [6.07, 6.45) is 2.46. The summed E-state index contributed by atoms with van der Waals surface area (Å²) in [6, 6.07) is 14.2. The Balaban J connectivity index is 0.00000420. The van der Waals surface area contributed by atoms with Crippen LogP contribution in [0.3, 0.4) is 0 Å². The molecule has 0 aliphatic carbocycles. The molecular formula is C21H33IN4O2S. The third-order valence-electron chi connectivity index (χ3n) is 3.89. The second kappa shape index (κ2) is 13.9. The Bertz CT molecular complexity index is 694. The Labute approximate surface area is 195 Å². The molecule has 0 saturated heterocycles. The Morgan fingerprint density at radius 2 is 1.86 bits per heavy atom. The predicted octanol–water partition coefficient (Wildman–Crippen LogP) is 3.08. The van der Waals surface area contributed by atoms with Gasteiger partial charge in [-0.05, 0) is 45.3 Å². The van der Waals surface area contributed by atoms with Crippen molar-refractivity contribution in [2.45, 2.75) is 23.8 Å². The molecule has 0 bridgehead atoms. The van der Waals surface area contributed by atoms with Crippen LogP contribution >= 0.6 is 35.7 Å². The number of rotatable bonds is 11. The van der Waals surface area contributed by atoms with Crippen LogP contribution in [0.2, 0.25) is 0 Å². The predicted molar refractivity (Wildman–Crippen MR) is 132 cm³/mol. The summed E-state index contributed by atoms with van der Waals surface area (Å²) in [6.45, 7) is 4.18. The van der Waals surface area contributed by atoms with Crippen molar-refractivity contribution in [3.8, 4) is 0 Å². The van der Waals surface area contributed by atoms with Gasteiger partial charge in [-0.25, -0.2) is 0 Å². The van der Waals surface area contributed by atoms with E-state index in [1.54, 1.807) is 18.0 Å². The van der Waals surface area contributed by atoms with Crippen molar-refractivity contribution in [2.24, 2.45) is 4.99 Å². The van der Waals surface area contributed by atoms with E-state index in [-0.39, 0.29) is 24.0 Å². The Morgan fingerprint density at radius 3 is 2.52 bits per heavy atom. The van der Waals surface area contributed by atoms with Crippen molar-refractivity contribution in [3.63, 3.8) is 0 Å². The standard InChI is InChI=1S/C21H32N4O2S.HI/c1-21(26,17-25(2)3)16-24-20(22-12-11-18-8-7-14-27-18)23-13-15-28-19-9-5-4-6-10-19;/h4-10,14,26H,11-13,15-17H2,1-3H3,(H2,22,23,24);1H. The van der Waals surface area contributed by atoms with Crippen LogP contribution in [-0.4, -0.2) is 67.6 Å². The quantitative estimate of drug-likeness (QED) is 0.136. The highest BCUT2D eigenvalue weighted by atomic mass is 127. The number of benzene rings is 1. The van der Waals surface area contributed by atoms with Gasteiger partial charge in [0.1, 0.15) is 5.76 Å². The molecule has 29 heavy (non-hydrogen) atoms. The number of nitrogens with one attached hydrogen (secondary N) is 2. The van der Waals surface area contributed by atoms with Crippen LogP contribution in [0.15, 0.2) is 63.0 Å². The molecule has 0 saturated carbocycles.